The number of nitrogens with zero attached hydrogens (tertiary/aromatic N) is 1. The van der Waals surface area contributed by atoms with Crippen LogP contribution in [-0.4, -0.2) is 36.6 Å². The molecular formula is C24H30N2O4. The lowest BCUT2D eigenvalue weighted by molar-refractivity contribution is -0.135. The van der Waals surface area contributed by atoms with Crippen LogP contribution < -0.4 is 10.1 Å². The van der Waals surface area contributed by atoms with E-state index in [1.54, 1.807) is 14.0 Å². The first-order chi connectivity index (χ1) is 14.6. The van der Waals surface area contributed by atoms with Crippen LogP contribution in [0.25, 0.3) is 0 Å². The lowest BCUT2D eigenvalue weighted by Crippen LogP contribution is -2.48. The van der Waals surface area contributed by atoms with Crippen molar-refractivity contribution in [3.8, 4) is 5.75 Å². The molecule has 2 aromatic carbocycles. The van der Waals surface area contributed by atoms with E-state index in [0.717, 1.165) is 42.6 Å². The summed E-state index contributed by atoms with van der Waals surface area (Å²) < 4.78 is 10.5. The average Bonchev–Trinajstić information content (AvgIpc) is 3.04. The number of carbonyl (C=O) groups excluding carboxylic acids is 2. The van der Waals surface area contributed by atoms with E-state index in [1.807, 2.05) is 59.5 Å². The van der Waals surface area contributed by atoms with Crippen molar-refractivity contribution in [3.63, 3.8) is 0 Å². The van der Waals surface area contributed by atoms with E-state index in [4.69, 9.17) is 9.47 Å². The van der Waals surface area contributed by atoms with Crippen LogP contribution in [-0.2, 0) is 16.1 Å². The average molecular weight is 411 g/mol. The highest BCUT2D eigenvalue weighted by Gasteiger charge is 2.30. The van der Waals surface area contributed by atoms with Crippen LogP contribution in [0.15, 0.2) is 54.6 Å². The summed E-state index contributed by atoms with van der Waals surface area (Å²) in [5.41, 5.74) is 1.99. The monoisotopic (exact) mass is 410 g/mol. The highest BCUT2D eigenvalue weighted by atomic mass is 16.5. The Hall–Kier alpha value is -3.02. The van der Waals surface area contributed by atoms with E-state index in [1.165, 1.54) is 0 Å². The third-order valence-electron chi connectivity index (χ3n) is 5.45. The molecule has 0 unspecified atom stereocenters. The van der Waals surface area contributed by atoms with E-state index in [2.05, 4.69) is 5.32 Å². The van der Waals surface area contributed by atoms with Crippen LogP contribution in [0, 0.1) is 0 Å². The second-order valence-corrected chi connectivity index (χ2v) is 7.60. The molecule has 2 amide bonds. The zero-order valence-corrected chi connectivity index (χ0v) is 17.7. The van der Waals surface area contributed by atoms with Gasteiger partial charge in [-0.3, -0.25) is 4.79 Å². The number of hydrogen-bond acceptors (Lipinski definition) is 4. The summed E-state index contributed by atoms with van der Waals surface area (Å²) in [5, 5.41) is 2.69. The Morgan fingerprint density at radius 3 is 2.50 bits per heavy atom. The summed E-state index contributed by atoms with van der Waals surface area (Å²) in [5.74, 6) is 0.704. The predicted octanol–water partition coefficient (Wildman–Crippen LogP) is 4.45. The summed E-state index contributed by atoms with van der Waals surface area (Å²) in [6, 6.07) is 16.7. The van der Waals surface area contributed by atoms with Gasteiger partial charge in [-0.15, -0.1) is 0 Å². The Kier molecular flexibility index (Phi) is 7.71. The molecule has 1 saturated heterocycles. The minimum Gasteiger partial charge on any atom is -0.497 e. The lowest BCUT2D eigenvalue weighted by Gasteiger charge is -2.32. The molecule has 1 N–H and O–H groups in total. The number of benzene rings is 2. The number of nitrogens with one attached hydrogen (secondary N) is 1. The van der Waals surface area contributed by atoms with Crippen molar-refractivity contribution >= 4 is 12.0 Å². The highest BCUT2D eigenvalue weighted by Crippen LogP contribution is 2.31. The molecule has 0 aliphatic carbocycles. The zero-order valence-electron chi connectivity index (χ0n) is 17.7. The minimum atomic E-state index is -0.660. The number of ether oxygens (including phenoxy) is 2. The highest BCUT2D eigenvalue weighted by molar-refractivity contribution is 5.85. The molecule has 1 fully saturated rings. The first-order valence-corrected chi connectivity index (χ1v) is 10.5. The predicted molar refractivity (Wildman–Crippen MR) is 115 cm³/mol. The van der Waals surface area contributed by atoms with E-state index in [0.29, 0.717) is 6.54 Å². The topological polar surface area (TPSA) is 67.9 Å². The standard InChI is InChI=1S/C24H30N2O4/c1-18(25-24(28)30-17-19-9-5-3-6-10-19)23(27)26-16-8-4-7-11-22(26)20-12-14-21(29-2)15-13-20/h3,5-6,9-10,12-15,18,22H,4,7-8,11,16-17H2,1-2H3,(H,25,28)/t18-,22+/m0/s1. The fourth-order valence-electron chi connectivity index (χ4n) is 3.80. The number of alkyl carbamates (subject to hydrolysis) is 1. The number of amides is 2. The molecule has 6 nitrogen and oxygen atoms in total. The molecule has 2 aromatic rings. The van der Waals surface area contributed by atoms with Crippen molar-refractivity contribution in [1.82, 2.24) is 10.2 Å². The molecule has 0 radical (unpaired) electrons. The minimum absolute atomic E-state index is 0.00417. The zero-order chi connectivity index (χ0) is 21.3. The third kappa shape index (κ3) is 5.75. The van der Waals surface area contributed by atoms with Crippen LogP contribution in [0.5, 0.6) is 5.75 Å². The van der Waals surface area contributed by atoms with Crippen molar-refractivity contribution < 1.29 is 19.1 Å². The number of carbonyl (C=O) groups is 2. The second kappa shape index (κ2) is 10.7. The van der Waals surface area contributed by atoms with Crippen molar-refractivity contribution in [2.75, 3.05) is 13.7 Å². The van der Waals surface area contributed by atoms with Gasteiger partial charge in [-0.05, 0) is 43.0 Å². The van der Waals surface area contributed by atoms with Crippen molar-refractivity contribution in [2.45, 2.75) is 51.3 Å². The molecule has 0 spiro atoms. The molecular weight excluding hydrogens is 380 g/mol. The van der Waals surface area contributed by atoms with Gasteiger partial charge in [0, 0.05) is 6.54 Å². The van der Waals surface area contributed by atoms with Crippen molar-refractivity contribution in [2.24, 2.45) is 0 Å². The lowest BCUT2D eigenvalue weighted by atomic mass is 10.00. The molecule has 0 saturated carbocycles. The van der Waals surface area contributed by atoms with Gasteiger partial charge in [0.15, 0.2) is 0 Å². The van der Waals surface area contributed by atoms with Crippen LogP contribution >= 0.6 is 0 Å². The maximum absolute atomic E-state index is 13.2. The normalized spacial score (nSPS) is 17.5. The van der Waals surface area contributed by atoms with Gasteiger partial charge in [-0.2, -0.15) is 0 Å². The summed E-state index contributed by atoms with van der Waals surface area (Å²) in [6.45, 7) is 2.56. The molecule has 6 heteroatoms. The van der Waals surface area contributed by atoms with Gasteiger partial charge in [0.2, 0.25) is 5.91 Å². The van der Waals surface area contributed by atoms with Crippen LogP contribution in [0.3, 0.4) is 0 Å². The summed E-state index contributed by atoms with van der Waals surface area (Å²) >= 11 is 0. The van der Waals surface area contributed by atoms with Gasteiger partial charge in [-0.1, -0.05) is 55.3 Å². The van der Waals surface area contributed by atoms with Gasteiger partial charge in [0.05, 0.1) is 13.2 Å². The molecule has 1 heterocycles. The molecule has 1 aliphatic heterocycles. The van der Waals surface area contributed by atoms with Gasteiger partial charge in [0.25, 0.3) is 0 Å². The molecule has 0 aromatic heterocycles. The Bertz CT molecular complexity index is 823. The largest absolute Gasteiger partial charge is 0.497 e. The Labute approximate surface area is 178 Å². The quantitative estimate of drug-likeness (QED) is 0.764. The molecule has 1 aliphatic rings. The van der Waals surface area contributed by atoms with Crippen LogP contribution in [0.1, 0.15) is 49.8 Å². The van der Waals surface area contributed by atoms with Gasteiger partial charge in [0.1, 0.15) is 18.4 Å². The van der Waals surface area contributed by atoms with Gasteiger partial charge < -0.3 is 19.7 Å². The Morgan fingerprint density at radius 2 is 1.80 bits per heavy atom. The summed E-state index contributed by atoms with van der Waals surface area (Å²) in [7, 11) is 1.64. The Morgan fingerprint density at radius 1 is 1.07 bits per heavy atom. The van der Waals surface area contributed by atoms with Gasteiger partial charge in [-0.25, -0.2) is 4.79 Å². The summed E-state index contributed by atoms with van der Waals surface area (Å²) in [4.78, 5) is 27.3. The number of likely N-dealkylation sites (tertiary alicyclic amines) is 1. The summed E-state index contributed by atoms with van der Waals surface area (Å²) in [6.07, 6.45) is 3.45. The van der Waals surface area contributed by atoms with Crippen LogP contribution in [0.4, 0.5) is 4.79 Å². The van der Waals surface area contributed by atoms with Crippen molar-refractivity contribution in [3.05, 3.63) is 65.7 Å². The molecule has 2 atom stereocenters. The van der Waals surface area contributed by atoms with Gasteiger partial charge >= 0.3 is 6.09 Å². The van der Waals surface area contributed by atoms with E-state index in [9.17, 15) is 9.59 Å². The van der Waals surface area contributed by atoms with Crippen LogP contribution in [0.2, 0.25) is 0 Å². The van der Waals surface area contributed by atoms with E-state index in [-0.39, 0.29) is 18.6 Å². The SMILES string of the molecule is COc1ccc([C@H]2CCCCCN2C(=O)[C@H](C)NC(=O)OCc2ccccc2)cc1. The molecule has 160 valence electrons. The number of rotatable bonds is 6. The maximum atomic E-state index is 13.2. The molecule has 0 bridgehead atoms. The molecule has 3 rings (SSSR count). The third-order valence-corrected chi connectivity index (χ3v) is 5.45. The first-order valence-electron chi connectivity index (χ1n) is 10.5. The van der Waals surface area contributed by atoms with E-state index >= 15 is 0 Å². The van der Waals surface area contributed by atoms with Crippen molar-refractivity contribution in [1.29, 1.82) is 0 Å². The number of hydrogen-bond donors (Lipinski definition) is 1. The Balaban J connectivity index is 1.63. The fraction of sp³-hybridized carbons (Fsp3) is 0.417. The fourth-order valence-corrected chi connectivity index (χ4v) is 3.80. The smallest absolute Gasteiger partial charge is 0.408 e. The second-order valence-electron chi connectivity index (χ2n) is 7.60. The number of methoxy groups -OCH3 is 1. The van der Waals surface area contributed by atoms with E-state index < -0.39 is 12.1 Å². The maximum Gasteiger partial charge on any atom is 0.408 e. The molecule has 30 heavy (non-hydrogen) atoms. The first kappa shape index (κ1) is 21.7.